The van der Waals surface area contributed by atoms with Crippen LogP contribution in [0.15, 0.2) is 18.2 Å². The number of benzene rings is 1. The van der Waals surface area contributed by atoms with E-state index in [4.69, 9.17) is 5.11 Å². The summed E-state index contributed by atoms with van der Waals surface area (Å²) in [6.07, 6.45) is -3.91. The summed E-state index contributed by atoms with van der Waals surface area (Å²) >= 11 is 0. The van der Waals surface area contributed by atoms with E-state index in [2.05, 4.69) is 0 Å². The average molecular weight is 267 g/mol. The number of carbonyl (C=O) groups is 1. The minimum absolute atomic E-state index is 0.376. The summed E-state index contributed by atoms with van der Waals surface area (Å²) in [5.74, 6) is -6.49. The van der Waals surface area contributed by atoms with E-state index in [1.165, 1.54) is 0 Å². The summed E-state index contributed by atoms with van der Waals surface area (Å²) < 4.78 is 48.7. The minimum Gasteiger partial charge on any atom is -0.508 e. The summed E-state index contributed by atoms with van der Waals surface area (Å²) in [5, 5.41) is 19.8. The van der Waals surface area contributed by atoms with Gasteiger partial charge in [-0.3, -0.25) is 4.79 Å². The maximum absolute atomic E-state index is 12.5. The number of amides is 1. The van der Waals surface area contributed by atoms with E-state index < -0.39 is 36.1 Å². The average Bonchev–Trinajstić information content (AvgIpc) is 2.29. The fraction of sp³-hybridized carbons (Fsp3) is 0.300. The van der Waals surface area contributed by atoms with Gasteiger partial charge in [0, 0.05) is 0 Å². The third kappa shape index (κ3) is 3.25. The van der Waals surface area contributed by atoms with Gasteiger partial charge < -0.3 is 15.5 Å². The van der Waals surface area contributed by atoms with Gasteiger partial charge >= 0.3 is 12.3 Å². The molecule has 18 heavy (non-hydrogen) atoms. The molecule has 3 N–H and O–H groups in total. The van der Waals surface area contributed by atoms with Crippen LogP contribution < -0.4 is 5.32 Å². The Morgan fingerprint density at radius 3 is 2.50 bits per heavy atom. The van der Waals surface area contributed by atoms with Crippen LogP contribution in [-0.2, 0) is 0 Å². The number of hydrogen-bond acceptors (Lipinski definition) is 3. The van der Waals surface area contributed by atoms with Crippen LogP contribution in [0, 0.1) is 0 Å². The highest BCUT2D eigenvalue weighted by atomic mass is 19.3. The van der Waals surface area contributed by atoms with Gasteiger partial charge in [0.25, 0.3) is 5.91 Å². The van der Waals surface area contributed by atoms with Gasteiger partial charge in [-0.25, -0.2) is 8.78 Å². The molecule has 0 aliphatic heterocycles. The monoisotopic (exact) mass is 267 g/mol. The van der Waals surface area contributed by atoms with Gasteiger partial charge in [0.1, 0.15) is 11.5 Å². The lowest BCUT2D eigenvalue weighted by molar-refractivity contribution is -0.123. The van der Waals surface area contributed by atoms with Crippen molar-refractivity contribution in [3.8, 4) is 11.5 Å². The third-order valence-corrected chi connectivity index (χ3v) is 2.03. The highest BCUT2D eigenvalue weighted by molar-refractivity contribution is 5.97. The van der Waals surface area contributed by atoms with Crippen molar-refractivity contribution in [3.05, 3.63) is 23.8 Å². The van der Waals surface area contributed by atoms with Gasteiger partial charge in [-0.2, -0.15) is 8.78 Å². The second kappa shape index (κ2) is 5.11. The minimum atomic E-state index is -4.36. The first-order valence-corrected chi connectivity index (χ1v) is 4.70. The molecule has 8 heteroatoms. The molecule has 0 fully saturated rings. The predicted octanol–water partition coefficient (Wildman–Crippen LogP) is 1.73. The van der Waals surface area contributed by atoms with Crippen molar-refractivity contribution in [2.24, 2.45) is 0 Å². The predicted molar refractivity (Wildman–Crippen MR) is 53.1 cm³/mol. The van der Waals surface area contributed by atoms with Crippen LogP contribution in [0.5, 0.6) is 11.5 Å². The molecule has 0 radical (unpaired) electrons. The van der Waals surface area contributed by atoms with Crippen molar-refractivity contribution in [3.63, 3.8) is 0 Å². The fourth-order valence-electron chi connectivity index (χ4n) is 1.08. The first-order chi connectivity index (χ1) is 8.24. The van der Waals surface area contributed by atoms with Crippen molar-refractivity contribution >= 4 is 5.91 Å². The largest absolute Gasteiger partial charge is 0.508 e. The molecule has 0 aromatic heterocycles. The summed E-state index contributed by atoms with van der Waals surface area (Å²) in [6.45, 7) is -1.57. The lowest BCUT2D eigenvalue weighted by Crippen LogP contribution is -2.41. The maximum Gasteiger partial charge on any atom is 0.324 e. The van der Waals surface area contributed by atoms with Crippen LogP contribution in [0.3, 0.4) is 0 Å². The van der Waals surface area contributed by atoms with E-state index in [0.717, 1.165) is 18.2 Å². The number of phenols is 2. The molecule has 0 saturated carbocycles. The number of phenolic OH excluding ortho intramolecular Hbond substituents is 2. The smallest absolute Gasteiger partial charge is 0.324 e. The van der Waals surface area contributed by atoms with E-state index in [9.17, 15) is 27.5 Å². The first kappa shape index (κ1) is 14.1. The second-order valence-electron chi connectivity index (χ2n) is 3.45. The normalized spacial score (nSPS) is 11.6. The van der Waals surface area contributed by atoms with Crippen LogP contribution in [-0.4, -0.2) is 35.0 Å². The highest BCUT2D eigenvalue weighted by Crippen LogP contribution is 2.24. The number of carbonyl (C=O) groups excluding carboxylic acids is 1. The van der Waals surface area contributed by atoms with Crippen molar-refractivity contribution in [2.45, 2.75) is 12.3 Å². The molecule has 0 spiro atoms. The van der Waals surface area contributed by atoms with Crippen LogP contribution in [0.4, 0.5) is 17.6 Å². The molecule has 0 atom stereocenters. The Kier molecular flexibility index (Phi) is 4.00. The van der Waals surface area contributed by atoms with E-state index >= 15 is 0 Å². The third-order valence-electron chi connectivity index (χ3n) is 2.03. The number of aromatic hydroxyl groups is 2. The van der Waals surface area contributed by atoms with E-state index in [1.807, 2.05) is 0 Å². The Balaban J connectivity index is 2.75. The Hall–Kier alpha value is -1.99. The van der Waals surface area contributed by atoms with Gasteiger partial charge in [0.05, 0.1) is 12.1 Å². The van der Waals surface area contributed by atoms with Crippen LogP contribution in [0.2, 0.25) is 0 Å². The number of rotatable bonds is 4. The van der Waals surface area contributed by atoms with Gasteiger partial charge in [-0.1, -0.05) is 0 Å². The standard InChI is InChI=1S/C10H9F4NO3/c11-9(12)10(13,14)4-15-8(18)6-3-5(16)1-2-7(6)17/h1-3,9,16-17H,4H2,(H,15,18). The van der Waals surface area contributed by atoms with E-state index in [0.29, 0.717) is 0 Å². The van der Waals surface area contributed by atoms with Crippen LogP contribution >= 0.6 is 0 Å². The first-order valence-electron chi connectivity index (χ1n) is 4.70. The summed E-state index contributed by atoms with van der Waals surface area (Å²) in [5.41, 5.74) is -0.486. The Bertz CT molecular complexity index is 451. The molecule has 0 aliphatic rings. The molecule has 0 saturated heterocycles. The number of hydrogen-bond donors (Lipinski definition) is 3. The molecule has 0 bridgehead atoms. The van der Waals surface area contributed by atoms with Crippen LogP contribution in [0.25, 0.3) is 0 Å². The van der Waals surface area contributed by atoms with Gasteiger partial charge in [-0.05, 0) is 18.2 Å². The molecule has 4 nitrogen and oxygen atoms in total. The van der Waals surface area contributed by atoms with Crippen molar-refractivity contribution in [1.29, 1.82) is 0 Å². The number of halogens is 4. The van der Waals surface area contributed by atoms with Crippen molar-refractivity contribution in [2.75, 3.05) is 6.54 Å². The summed E-state index contributed by atoms with van der Waals surface area (Å²) in [4.78, 5) is 11.3. The lowest BCUT2D eigenvalue weighted by Gasteiger charge is -2.16. The van der Waals surface area contributed by atoms with Gasteiger partial charge in [0.2, 0.25) is 0 Å². The molecule has 100 valence electrons. The van der Waals surface area contributed by atoms with Crippen molar-refractivity contribution in [1.82, 2.24) is 5.32 Å². The molecule has 1 aromatic rings. The molecule has 1 rings (SSSR count). The summed E-state index contributed by atoms with van der Waals surface area (Å²) in [6, 6.07) is 2.86. The fourth-order valence-corrected chi connectivity index (χ4v) is 1.08. The molecule has 0 unspecified atom stereocenters. The molecular weight excluding hydrogens is 258 g/mol. The molecule has 0 aliphatic carbocycles. The Labute approximate surface area is 98.9 Å². The number of alkyl halides is 4. The van der Waals surface area contributed by atoms with E-state index in [1.54, 1.807) is 5.32 Å². The zero-order chi connectivity index (χ0) is 13.9. The Morgan fingerprint density at radius 1 is 1.33 bits per heavy atom. The van der Waals surface area contributed by atoms with Crippen molar-refractivity contribution < 1.29 is 32.6 Å². The Morgan fingerprint density at radius 2 is 1.94 bits per heavy atom. The zero-order valence-corrected chi connectivity index (χ0v) is 8.83. The molecular formula is C10H9F4NO3. The highest BCUT2D eigenvalue weighted by Gasteiger charge is 2.40. The lowest BCUT2D eigenvalue weighted by atomic mass is 10.1. The summed E-state index contributed by atoms with van der Waals surface area (Å²) in [7, 11) is 0. The van der Waals surface area contributed by atoms with Gasteiger partial charge in [-0.15, -0.1) is 0 Å². The topological polar surface area (TPSA) is 69.6 Å². The van der Waals surface area contributed by atoms with Crippen LogP contribution in [0.1, 0.15) is 10.4 Å². The zero-order valence-electron chi connectivity index (χ0n) is 8.83. The number of nitrogens with one attached hydrogen (secondary N) is 1. The second-order valence-corrected chi connectivity index (χ2v) is 3.45. The maximum atomic E-state index is 12.5. The molecule has 1 aromatic carbocycles. The molecule has 0 heterocycles. The van der Waals surface area contributed by atoms with Gasteiger partial charge in [0.15, 0.2) is 0 Å². The quantitative estimate of drug-likeness (QED) is 0.574. The SMILES string of the molecule is O=C(NCC(F)(F)C(F)F)c1cc(O)ccc1O. The van der Waals surface area contributed by atoms with E-state index in [-0.39, 0.29) is 5.75 Å². The molecule has 1 amide bonds.